The Balaban J connectivity index is 0.00000144. The number of halogens is 2. The molecule has 1 aromatic rings. The molecule has 1 saturated heterocycles. The second-order valence-corrected chi connectivity index (χ2v) is 6.62. The summed E-state index contributed by atoms with van der Waals surface area (Å²) in [5.41, 5.74) is 7.17. The van der Waals surface area contributed by atoms with Crippen LogP contribution in [0.5, 0.6) is 0 Å². The Morgan fingerprint density at radius 2 is 1.71 bits per heavy atom. The largest absolute Gasteiger partial charge is 0.340 e. The van der Waals surface area contributed by atoms with Gasteiger partial charge in [-0.05, 0) is 30.9 Å². The lowest BCUT2D eigenvalue weighted by atomic mass is 9.94. The van der Waals surface area contributed by atoms with E-state index in [1.807, 2.05) is 0 Å². The summed E-state index contributed by atoms with van der Waals surface area (Å²) in [6.07, 6.45) is 3.32. The van der Waals surface area contributed by atoms with Crippen molar-refractivity contribution in [1.82, 2.24) is 9.80 Å². The van der Waals surface area contributed by atoms with Crippen molar-refractivity contribution < 1.29 is 4.79 Å². The van der Waals surface area contributed by atoms with Gasteiger partial charge in [0.15, 0.2) is 0 Å². The van der Waals surface area contributed by atoms with Gasteiger partial charge >= 0.3 is 0 Å². The lowest BCUT2D eigenvalue weighted by molar-refractivity contribution is -0.138. The third-order valence-electron chi connectivity index (χ3n) is 5.21. The molecule has 0 unspecified atom stereocenters. The highest BCUT2D eigenvalue weighted by Gasteiger charge is 2.35. The van der Waals surface area contributed by atoms with E-state index in [4.69, 9.17) is 5.73 Å². The van der Waals surface area contributed by atoms with Gasteiger partial charge in [0.05, 0.1) is 0 Å². The highest BCUT2D eigenvalue weighted by molar-refractivity contribution is 5.85. The molecule has 2 fully saturated rings. The van der Waals surface area contributed by atoms with Crippen LogP contribution in [0, 0.1) is 11.8 Å². The molecule has 2 aliphatic rings. The van der Waals surface area contributed by atoms with Gasteiger partial charge in [-0.2, -0.15) is 0 Å². The number of rotatable bonds is 4. The number of carbonyl (C=O) groups is 1. The predicted octanol–water partition coefficient (Wildman–Crippen LogP) is 2.55. The van der Waals surface area contributed by atoms with E-state index in [1.165, 1.54) is 5.56 Å². The summed E-state index contributed by atoms with van der Waals surface area (Å²) in [4.78, 5) is 17.2. The summed E-state index contributed by atoms with van der Waals surface area (Å²) in [5, 5.41) is 0. The molecule has 1 aliphatic heterocycles. The van der Waals surface area contributed by atoms with Gasteiger partial charge in [0.25, 0.3) is 0 Å². The van der Waals surface area contributed by atoms with Gasteiger partial charge in [0.1, 0.15) is 0 Å². The fourth-order valence-electron chi connectivity index (χ4n) is 3.85. The standard InChI is InChI=1S/C18H27N3O.2ClH/c19-13-16-7-4-8-17(16)18(22)21-11-9-20(10-12-21)14-15-5-2-1-3-6-15;;/h1-3,5-6,16-17H,4,7-14,19H2;2*1H/t16-,17-;;/m1../s1. The normalized spacial score (nSPS) is 24.1. The van der Waals surface area contributed by atoms with Crippen LogP contribution < -0.4 is 5.73 Å². The molecule has 2 N–H and O–H groups in total. The van der Waals surface area contributed by atoms with E-state index in [0.717, 1.165) is 52.0 Å². The fourth-order valence-corrected chi connectivity index (χ4v) is 3.85. The van der Waals surface area contributed by atoms with Gasteiger partial charge in [0, 0.05) is 38.6 Å². The van der Waals surface area contributed by atoms with Gasteiger partial charge in [-0.25, -0.2) is 0 Å². The van der Waals surface area contributed by atoms with Gasteiger partial charge in [-0.15, -0.1) is 24.8 Å². The van der Waals surface area contributed by atoms with E-state index >= 15 is 0 Å². The quantitative estimate of drug-likeness (QED) is 0.881. The van der Waals surface area contributed by atoms with Crippen LogP contribution in [-0.2, 0) is 11.3 Å². The van der Waals surface area contributed by atoms with Crippen LogP contribution in [0.2, 0.25) is 0 Å². The van der Waals surface area contributed by atoms with E-state index in [9.17, 15) is 4.79 Å². The number of hydrogen-bond donors (Lipinski definition) is 1. The van der Waals surface area contributed by atoms with E-state index in [0.29, 0.717) is 18.4 Å². The third-order valence-corrected chi connectivity index (χ3v) is 5.21. The third kappa shape index (κ3) is 5.09. The van der Waals surface area contributed by atoms with Crippen LogP contribution in [0.3, 0.4) is 0 Å². The van der Waals surface area contributed by atoms with Gasteiger partial charge in [-0.3, -0.25) is 9.69 Å². The van der Waals surface area contributed by atoms with Crippen molar-refractivity contribution in [3.05, 3.63) is 35.9 Å². The maximum atomic E-state index is 12.7. The Morgan fingerprint density at radius 3 is 2.33 bits per heavy atom. The Kier molecular flexibility index (Phi) is 9.06. The highest BCUT2D eigenvalue weighted by atomic mass is 35.5. The number of nitrogens with two attached hydrogens (primary N) is 1. The van der Waals surface area contributed by atoms with Gasteiger partial charge in [0.2, 0.25) is 5.91 Å². The zero-order chi connectivity index (χ0) is 15.4. The molecule has 0 aromatic heterocycles. The smallest absolute Gasteiger partial charge is 0.226 e. The predicted molar refractivity (Wildman–Crippen MR) is 103 cm³/mol. The first-order valence-electron chi connectivity index (χ1n) is 8.53. The van der Waals surface area contributed by atoms with Crippen molar-refractivity contribution in [2.45, 2.75) is 25.8 Å². The van der Waals surface area contributed by atoms with E-state index in [-0.39, 0.29) is 30.7 Å². The summed E-state index contributed by atoms with van der Waals surface area (Å²) >= 11 is 0. The molecule has 24 heavy (non-hydrogen) atoms. The Labute approximate surface area is 157 Å². The SMILES string of the molecule is Cl.Cl.NC[C@H]1CCC[C@H]1C(=O)N1CCN(Cc2ccccc2)CC1. The average Bonchev–Trinajstić information content (AvgIpc) is 3.04. The molecule has 1 aliphatic carbocycles. The van der Waals surface area contributed by atoms with Crippen LogP contribution in [0.15, 0.2) is 30.3 Å². The molecule has 1 aromatic carbocycles. The Hall–Kier alpha value is -0.810. The van der Waals surface area contributed by atoms with E-state index < -0.39 is 0 Å². The molecule has 6 heteroatoms. The second-order valence-electron chi connectivity index (χ2n) is 6.62. The monoisotopic (exact) mass is 373 g/mol. The minimum Gasteiger partial charge on any atom is -0.340 e. The summed E-state index contributed by atoms with van der Waals surface area (Å²) in [6, 6.07) is 10.6. The maximum absolute atomic E-state index is 12.7. The molecule has 1 amide bonds. The average molecular weight is 374 g/mol. The summed E-state index contributed by atoms with van der Waals surface area (Å²) in [6.45, 7) is 5.31. The zero-order valence-electron chi connectivity index (χ0n) is 14.1. The van der Waals surface area contributed by atoms with Crippen LogP contribution >= 0.6 is 24.8 Å². The van der Waals surface area contributed by atoms with E-state index in [1.54, 1.807) is 0 Å². The van der Waals surface area contributed by atoms with Crippen molar-refractivity contribution >= 4 is 30.7 Å². The molecular weight excluding hydrogens is 345 g/mol. The first kappa shape index (κ1) is 21.2. The van der Waals surface area contributed by atoms with Crippen molar-refractivity contribution in [2.24, 2.45) is 17.6 Å². The van der Waals surface area contributed by atoms with Crippen LogP contribution in [-0.4, -0.2) is 48.4 Å². The Bertz CT molecular complexity index is 492. The fraction of sp³-hybridized carbons (Fsp3) is 0.611. The van der Waals surface area contributed by atoms with Gasteiger partial charge < -0.3 is 10.6 Å². The maximum Gasteiger partial charge on any atom is 0.226 e. The topological polar surface area (TPSA) is 49.6 Å². The number of benzene rings is 1. The Morgan fingerprint density at radius 1 is 1.04 bits per heavy atom. The van der Waals surface area contributed by atoms with Crippen molar-refractivity contribution in [2.75, 3.05) is 32.7 Å². The number of amides is 1. The highest BCUT2D eigenvalue weighted by Crippen LogP contribution is 2.32. The minimum atomic E-state index is 0. The van der Waals surface area contributed by atoms with Gasteiger partial charge in [-0.1, -0.05) is 36.8 Å². The molecule has 1 saturated carbocycles. The molecule has 1 heterocycles. The lowest BCUT2D eigenvalue weighted by Crippen LogP contribution is -2.50. The van der Waals surface area contributed by atoms with Crippen molar-refractivity contribution in [1.29, 1.82) is 0 Å². The molecule has 4 nitrogen and oxygen atoms in total. The number of carbonyl (C=O) groups excluding carboxylic acids is 1. The first-order valence-corrected chi connectivity index (χ1v) is 8.53. The number of piperazine rings is 1. The first-order chi connectivity index (χ1) is 10.8. The summed E-state index contributed by atoms with van der Waals surface area (Å²) in [7, 11) is 0. The molecule has 3 rings (SSSR count). The number of hydrogen-bond acceptors (Lipinski definition) is 3. The van der Waals surface area contributed by atoms with Crippen molar-refractivity contribution in [3.8, 4) is 0 Å². The minimum absolute atomic E-state index is 0. The van der Waals surface area contributed by atoms with E-state index in [2.05, 4.69) is 40.1 Å². The summed E-state index contributed by atoms with van der Waals surface area (Å²) < 4.78 is 0. The van der Waals surface area contributed by atoms with Crippen LogP contribution in [0.25, 0.3) is 0 Å². The molecular formula is C18H29Cl2N3O. The molecule has 2 atom stereocenters. The molecule has 136 valence electrons. The van der Waals surface area contributed by atoms with Crippen molar-refractivity contribution in [3.63, 3.8) is 0 Å². The lowest BCUT2D eigenvalue weighted by Gasteiger charge is -2.36. The molecule has 0 bridgehead atoms. The van der Waals surface area contributed by atoms with Crippen LogP contribution in [0.1, 0.15) is 24.8 Å². The second kappa shape index (κ2) is 10.2. The zero-order valence-corrected chi connectivity index (χ0v) is 15.7. The van der Waals surface area contributed by atoms with Crippen LogP contribution in [0.4, 0.5) is 0 Å². The summed E-state index contributed by atoms with van der Waals surface area (Å²) in [5.74, 6) is 0.952. The number of nitrogens with zero attached hydrogens (tertiary/aromatic N) is 2. The molecule has 0 radical (unpaired) electrons. The molecule has 0 spiro atoms.